The van der Waals surface area contributed by atoms with Crippen molar-refractivity contribution in [3.63, 3.8) is 0 Å². The molecule has 2 aromatic carbocycles. The molecule has 0 heterocycles. The lowest BCUT2D eigenvalue weighted by atomic mass is 10.1. The van der Waals surface area contributed by atoms with E-state index in [0.29, 0.717) is 16.9 Å². The molecule has 2 aromatic rings. The minimum Gasteiger partial charge on any atom is -0.397 e. The van der Waals surface area contributed by atoms with Gasteiger partial charge in [0.05, 0.1) is 11.4 Å². The normalized spacial score (nSPS) is 10.1. The number of halogens is 1. The van der Waals surface area contributed by atoms with Gasteiger partial charge >= 0.3 is 0 Å². The lowest BCUT2D eigenvalue weighted by molar-refractivity contribution is 0.102. The second-order valence-electron chi connectivity index (χ2n) is 4.01. The van der Waals surface area contributed by atoms with Crippen LogP contribution < -0.4 is 11.1 Å². The van der Waals surface area contributed by atoms with Crippen LogP contribution in [0.1, 0.15) is 15.9 Å². The van der Waals surface area contributed by atoms with Crippen molar-refractivity contribution in [2.75, 3.05) is 11.1 Å². The summed E-state index contributed by atoms with van der Waals surface area (Å²) in [4.78, 5) is 12.0. The van der Waals surface area contributed by atoms with Crippen molar-refractivity contribution in [1.82, 2.24) is 0 Å². The van der Waals surface area contributed by atoms with E-state index in [0.717, 1.165) is 10.0 Å². The molecule has 1 amide bonds. The Balaban J connectivity index is 2.28. The van der Waals surface area contributed by atoms with Crippen LogP contribution in [0.15, 0.2) is 46.9 Å². The van der Waals surface area contributed by atoms with Crippen LogP contribution in [0.3, 0.4) is 0 Å². The SMILES string of the molecule is Cc1cc(Br)cc(N)c1NC(=O)c1ccccc1. The van der Waals surface area contributed by atoms with Crippen LogP contribution in [0.5, 0.6) is 0 Å². The summed E-state index contributed by atoms with van der Waals surface area (Å²) >= 11 is 3.37. The molecule has 4 heteroatoms. The molecule has 0 atom stereocenters. The Morgan fingerprint density at radius 1 is 1.22 bits per heavy atom. The Labute approximate surface area is 114 Å². The summed E-state index contributed by atoms with van der Waals surface area (Å²) in [5.74, 6) is -0.160. The fraction of sp³-hybridized carbons (Fsp3) is 0.0714. The van der Waals surface area contributed by atoms with E-state index in [2.05, 4.69) is 21.2 Å². The second-order valence-corrected chi connectivity index (χ2v) is 4.92. The van der Waals surface area contributed by atoms with Crippen LogP contribution in [0.2, 0.25) is 0 Å². The molecule has 0 unspecified atom stereocenters. The smallest absolute Gasteiger partial charge is 0.255 e. The van der Waals surface area contributed by atoms with Crippen molar-refractivity contribution in [2.24, 2.45) is 0 Å². The van der Waals surface area contributed by atoms with Gasteiger partial charge < -0.3 is 11.1 Å². The molecule has 0 spiro atoms. The quantitative estimate of drug-likeness (QED) is 0.833. The highest BCUT2D eigenvalue weighted by Crippen LogP contribution is 2.28. The van der Waals surface area contributed by atoms with Crippen molar-refractivity contribution in [3.05, 3.63) is 58.1 Å². The Morgan fingerprint density at radius 3 is 2.50 bits per heavy atom. The highest BCUT2D eigenvalue weighted by atomic mass is 79.9. The zero-order valence-corrected chi connectivity index (χ0v) is 11.5. The van der Waals surface area contributed by atoms with Crippen molar-refractivity contribution in [2.45, 2.75) is 6.92 Å². The number of anilines is 2. The Bertz CT molecular complexity index is 559. The standard InChI is InChI=1S/C14H13BrN2O/c1-9-7-11(15)8-12(16)13(9)17-14(18)10-5-3-2-4-6-10/h2-8H,16H2,1H3,(H,17,18). The van der Waals surface area contributed by atoms with Crippen LogP contribution in [-0.2, 0) is 0 Å². The molecule has 18 heavy (non-hydrogen) atoms. The average Bonchev–Trinajstić information content (AvgIpc) is 2.34. The summed E-state index contributed by atoms with van der Waals surface area (Å²) in [6.07, 6.45) is 0. The number of benzene rings is 2. The number of amides is 1. The molecule has 0 aliphatic rings. The fourth-order valence-corrected chi connectivity index (χ4v) is 2.31. The molecular weight excluding hydrogens is 292 g/mol. The van der Waals surface area contributed by atoms with Crippen molar-refractivity contribution in [1.29, 1.82) is 0 Å². The summed E-state index contributed by atoms with van der Waals surface area (Å²) in [6.45, 7) is 1.90. The summed E-state index contributed by atoms with van der Waals surface area (Å²) < 4.78 is 0.898. The topological polar surface area (TPSA) is 55.1 Å². The van der Waals surface area contributed by atoms with E-state index >= 15 is 0 Å². The molecule has 0 saturated heterocycles. The van der Waals surface area contributed by atoms with E-state index in [1.807, 2.05) is 31.2 Å². The van der Waals surface area contributed by atoms with Gasteiger partial charge in [-0.15, -0.1) is 0 Å². The predicted molar refractivity (Wildman–Crippen MR) is 77.7 cm³/mol. The van der Waals surface area contributed by atoms with Crippen LogP contribution >= 0.6 is 15.9 Å². The van der Waals surface area contributed by atoms with Crippen molar-refractivity contribution < 1.29 is 4.79 Å². The average molecular weight is 305 g/mol. The third-order valence-corrected chi connectivity index (χ3v) is 3.06. The van der Waals surface area contributed by atoms with E-state index in [1.54, 1.807) is 18.2 Å². The van der Waals surface area contributed by atoms with Gasteiger partial charge in [-0.05, 0) is 36.8 Å². The Morgan fingerprint density at radius 2 is 1.89 bits per heavy atom. The molecule has 2 rings (SSSR count). The summed E-state index contributed by atoms with van der Waals surface area (Å²) in [5, 5.41) is 2.84. The van der Waals surface area contributed by atoms with E-state index < -0.39 is 0 Å². The van der Waals surface area contributed by atoms with Gasteiger partial charge in [-0.3, -0.25) is 4.79 Å². The monoisotopic (exact) mass is 304 g/mol. The number of nitrogens with two attached hydrogens (primary N) is 1. The zero-order valence-electron chi connectivity index (χ0n) is 9.91. The third kappa shape index (κ3) is 2.71. The maximum Gasteiger partial charge on any atom is 0.255 e. The first-order chi connectivity index (χ1) is 8.58. The highest BCUT2D eigenvalue weighted by Gasteiger charge is 2.10. The maximum absolute atomic E-state index is 12.0. The lowest BCUT2D eigenvalue weighted by Crippen LogP contribution is -2.14. The van der Waals surface area contributed by atoms with E-state index in [-0.39, 0.29) is 5.91 Å². The molecule has 0 saturated carbocycles. The van der Waals surface area contributed by atoms with Gasteiger partial charge in [-0.25, -0.2) is 0 Å². The number of nitrogens with one attached hydrogen (secondary N) is 1. The van der Waals surface area contributed by atoms with Gasteiger partial charge in [-0.1, -0.05) is 34.1 Å². The first kappa shape index (κ1) is 12.6. The summed E-state index contributed by atoms with van der Waals surface area (Å²) in [6, 6.07) is 12.7. The zero-order chi connectivity index (χ0) is 13.1. The summed E-state index contributed by atoms with van der Waals surface area (Å²) in [5.41, 5.74) is 8.64. The van der Waals surface area contributed by atoms with Gasteiger partial charge in [0.2, 0.25) is 0 Å². The molecular formula is C14H13BrN2O. The number of hydrogen-bond acceptors (Lipinski definition) is 2. The first-order valence-electron chi connectivity index (χ1n) is 5.50. The number of hydrogen-bond donors (Lipinski definition) is 2. The number of carbonyl (C=O) groups excluding carboxylic acids is 1. The Kier molecular flexibility index (Phi) is 3.67. The van der Waals surface area contributed by atoms with E-state index in [9.17, 15) is 4.79 Å². The molecule has 3 N–H and O–H groups in total. The molecule has 3 nitrogen and oxygen atoms in total. The first-order valence-corrected chi connectivity index (χ1v) is 6.29. The van der Waals surface area contributed by atoms with Crippen molar-refractivity contribution in [3.8, 4) is 0 Å². The van der Waals surface area contributed by atoms with Crippen molar-refractivity contribution >= 4 is 33.2 Å². The molecule has 0 bridgehead atoms. The molecule has 0 fully saturated rings. The van der Waals surface area contributed by atoms with Gasteiger partial charge in [-0.2, -0.15) is 0 Å². The van der Waals surface area contributed by atoms with E-state index in [4.69, 9.17) is 5.73 Å². The van der Waals surface area contributed by atoms with E-state index in [1.165, 1.54) is 0 Å². The minimum atomic E-state index is -0.160. The van der Waals surface area contributed by atoms with Gasteiger partial charge in [0.25, 0.3) is 5.91 Å². The third-order valence-electron chi connectivity index (χ3n) is 2.61. The second kappa shape index (κ2) is 5.23. The number of carbonyl (C=O) groups is 1. The minimum absolute atomic E-state index is 0.160. The summed E-state index contributed by atoms with van der Waals surface area (Å²) in [7, 11) is 0. The number of nitrogen functional groups attached to an aromatic ring is 1. The number of aryl methyl sites for hydroxylation is 1. The van der Waals surface area contributed by atoms with Gasteiger partial charge in [0.1, 0.15) is 0 Å². The van der Waals surface area contributed by atoms with Gasteiger partial charge in [0, 0.05) is 10.0 Å². The molecule has 0 aliphatic heterocycles. The molecule has 0 aliphatic carbocycles. The van der Waals surface area contributed by atoms with Gasteiger partial charge in [0.15, 0.2) is 0 Å². The fourth-order valence-electron chi connectivity index (χ4n) is 1.72. The largest absolute Gasteiger partial charge is 0.397 e. The van der Waals surface area contributed by atoms with Crippen LogP contribution in [-0.4, -0.2) is 5.91 Å². The number of rotatable bonds is 2. The molecule has 0 aromatic heterocycles. The van der Waals surface area contributed by atoms with Crippen LogP contribution in [0.4, 0.5) is 11.4 Å². The molecule has 92 valence electrons. The lowest BCUT2D eigenvalue weighted by Gasteiger charge is -2.12. The Hall–Kier alpha value is -1.81. The maximum atomic E-state index is 12.0. The highest BCUT2D eigenvalue weighted by molar-refractivity contribution is 9.10. The molecule has 0 radical (unpaired) electrons. The predicted octanol–water partition coefficient (Wildman–Crippen LogP) is 3.59. The van der Waals surface area contributed by atoms with Crippen LogP contribution in [0, 0.1) is 6.92 Å². The van der Waals surface area contributed by atoms with Crippen LogP contribution in [0.25, 0.3) is 0 Å².